The summed E-state index contributed by atoms with van der Waals surface area (Å²) in [4.78, 5) is -1.34. The van der Waals surface area contributed by atoms with Crippen molar-refractivity contribution in [1.29, 1.82) is 0 Å². The number of aromatic nitrogens is 3. The van der Waals surface area contributed by atoms with Crippen molar-refractivity contribution in [2.24, 2.45) is 10.2 Å². The Bertz CT molecular complexity index is 1510. The number of nitrogens with one attached hydrogen (secondary N) is 1. The summed E-state index contributed by atoms with van der Waals surface area (Å²) in [5, 5.41) is 18.5. The third-order valence-electron chi connectivity index (χ3n) is 4.04. The molecule has 11 nitrogen and oxygen atoms in total. The minimum absolute atomic E-state index is 0.0169. The highest BCUT2D eigenvalue weighted by atomic mass is 32.2. The lowest BCUT2D eigenvalue weighted by molar-refractivity contribution is 0.482. The number of hydrogen-bond donors (Lipinski definition) is 3. The quantitative estimate of drug-likeness (QED) is 0.325. The number of nitrogens with zero attached hydrogens (tertiary/aromatic N) is 4. The van der Waals surface area contributed by atoms with E-state index in [0.29, 0.717) is 17.3 Å². The van der Waals surface area contributed by atoms with Crippen LogP contribution in [-0.4, -0.2) is 41.4 Å². The third-order valence-corrected chi connectivity index (χ3v) is 5.76. The smallest absolute Gasteiger partial charge is 0.282 e. The molecule has 3 N–H and O–H groups in total. The molecule has 148 valence electrons. The van der Waals surface area contributed by atoms with Crippen LogP contribution in [0.5, 0.6) is 0 Å². The Morgan fingerprint density at radius 2 is 1.52 bits per heavy atom. The summed E-state index contributed by atoms with van der Waals surface area (Å²) >= 11 is 0. The number of H-pyrrole nitrogens is 1. The molecule has 0 atom stereocenters. The number of azo groups is 1. The largest absolute Gasteiger partial charge is 0.295 e. The van der Waals surface area contributed by atoms with Crippen LogP contribution in [0.15, 0.2) is 68.6 Å². The van der Waals surface area contributed by atoms with E-state index in [9.17, 15) is 25.9 Å². The summed E-state index contributed by atoms with van der Waals surface area (Å²) in [7, 11) is -9.46. The Kier molecular flexibility index (Phi) is 4.38. The zero-order valence-electron chi connectivity index (χ0n) is 14.3. The van der Waals surface area contributed by atoms with E-state index in [2.05, 4.69) is 25.6 Å². The average Bonchev–Trinajstić information content (AvgIpc) is 3.11. The van der Waals surface area contributed by atoms with E-state index >= 15 is 0 Å². The normalized spacial score (nSPS) is 12.9. The second-order valence-electron chi connectivity index (χ2n) is 5.99. The molecule has 4 aromatic rings. The van der Waals surface area contributed by atoms with Crippen molar-refractivity contribution < 1.29 is 25.9 Å². The van der Waals surface area contributed by atoms with Gasteiger partial charge in [0.15, 0.2) is 0 Å². The van der Waals surface area contributed by atoms with Crippen molar-refractivity contribution in [3.05, 3.63) is 48.5 Å². The fourth-order valence-electron chi connectivity index (χ4n) is 2.72. The maximum absolute atomic E-state index is 11.7. The average molecular weight is 433 g/mol. The molecule has 1 aromatic heterocycles. The topological polar surface area (TPSA) is 175 Å². The molecule has 3 aromatic carbocycles. The predicted octanol–water partition coefficient (Wildman–Crippen LogP) is 3.02. The molecule has 0 fully saturated rings. The summed E-state index contributed by atoms with van der Waals surface area (Å²) < 4.78 is 64.9. The van der Waals surface area contributed by atoms with Gasteiger partial charge in [0.25, 0.3) is 20.2 Å². The Hall–Kier alpha value is -3.26. The van der Waals surface area contributed by atoms with Crippen LogP contribution in [0, 0.1) is 0 Å². The maximum atomic E-state index is 11.7. The fraction of sp³-hybridized carbons (Fsp3) is 0. The summed E-state index contributed by atoms with van der Waals surface area (Å²) in [6.07, 6.45) is 0. The summed E-state index contributed by atoms with van der Waals surface area (Å²) in [6.45, 7) is 0. The summed E-state index contributed by atoms with van der Waals surface area (Å²) in [5.74, 6) is 0. The van der Waals surface area contributed by atoms with Gasteiger partial charge in [0.05, 0.1) is 21.8 Å². The second-order valence-corrected chi connectivity index (χ2v) is 8.80. The summed E-state index contributed by atoms with van der Waals surface area (Å²) in [6, 6.07) is 11.0. The highest BCUT2D eigenvalue weighted by Crippen LogP contribution is 2.31. The lowest BCUT2D eigenvalue weighted by atomic mass is 10.1. The molecular formula is C16H11N5O6S2. The van der Waals surface area contributed by atoms with Gasteiger partial charge < -0.3 is 0 Å². The number of aromatic amines is 1. The van der Waals surface area contributed by atoms with Crippen LogP contribution in [0.1, 0.15) is 0 Å². The van der Waals surface area contributed by atoms with Crippen LogP contribution in [0.3, 0.4) is 0 Å². The molecule has 0 saturated carbocycles. The van der Waals surface area contributed by atoms with E-state index in [0.717, 1.165) is 11.6 Å². The van der Waals surface area contributed by atoms with Gasteiger partial charge in [-0.1, -0.05) is 11.3 Å². The van der Waals surface area contributed by atoms with Gasteiger partial charge in [-0.05, 0) is 47.9 Å². The first-order chi connectivity index (χ1) is 13.6. The van der Waals surface area contributed by atoms with E-state index < -0.39 is 30.0 Å². The van der Waals surface area contributed by atoms with Gasteiger partial charge in [-0.2, -0.15) is 27.1 Å². The fourth-order valence-corrected chi connectivity index (χ4v) is 4.07. The first-order valence-corrected chi connectivity index (χ1v) is 10.7. The highest BCUT2D eigenvalue weighted by molar-refractivity contribution is 7.86. The maximum Gasteiger partial charge on any atom is 0.295 e. The molecule has 0 aliphatic heterocycles. The SMILES string of the molecule is O=S(=O)(O)c1cc(S(=O)(=O)O)c2cc(N=Nc3ccc4[nH]nnc4c3)ccc2c1. The van der Waals surface area contributed by atoms with Crippen LogP contribution in [0.2, 0.25) is 0 Å². The molecule has 0 unspecified atom stereocenters. The number of rotatable bonds is 4. The minimum atomic E-state index is -4.78. The van der Waals surface area contributed by atoms with Gasteiger partial charge in [-0.3, -0.25) is 14.2 Å². The number of hydrogen-bond acceptors (Lipinski definition) is 8. The van der Waals surface area contributed by atoms with Crippen molar-refractivity contribution in [2.45, 2.75) is 9.79 Å². The van der Waals surface area contributed by atoms with E-state index in [4.69, 9.17) is 0 Å². The van der Waals surface area contributed by atoms with Crippen LogP contribution in [0.25, 0.3) is 21.8 Å². The van der Waals surface area contributed by atoms with Gasteiger partial charge in [0.1, 0.15) is 10.4 Å². The molecule has 4 rings (SSSR count). The third kappa shape index (κ3) is 3.84. The lowest BCUT2D eigenvalue weighted by Crippen LogP contribution is -2.04. The lowest BCUT2D eigenvalue weighted by Gasteiger charge is -2.07. The highest BCUT2D eigenvalue weighted by Gasteiger charge is 2.20. The van der Waals surface area contributed by atoms with Crippen LogP contribution in [0.4, 0.5) is 11.4 Å². The van der Waals surface area contributed by atoms with Crippen LogP contribution < -0.4 is 0 Å². The van der Waals surface area contributed by atoms with Gasteiger partial charge in [0.2, 0.25) is 0 Å². The van der Waals surface area contributed by atoms with Gasteiger partial charge >= 0.3 is 0 Å². The zero-order valence-corrected chi connectivity index (χ0v) is 15.9. The predicted molar refractivity (Wildman–Crippen MR) is 102 cm³/mol. The van der Waals surface area contributed by atoms with Gasteiger partial charge in [0, 0.05) is 5.39 Å². The minimum Gasteiger partial charge on any atom is -0.282 e. The van der Waals surface area contributed by atoms with Gasteiger partial charge in [-0.25, -0.2) is 0 Å². The van der Waals surface area contributed by atoms with Crippen molar-refractivity contribution in [1.82, 2.24) is 15.4 Å². The zero-order chi connectivity index (χ0) is 20.8. The molecule has 0 radical (unpaired) electrons. The molecule has 0 aliphatic carbocycles. The monoisotopic (exact) mass is 433 g/mol. The Morgan fingerprint density at radius 1 is 0.828 bits per heavy atom. The Balaban J connectivity index is 1.82. The summed E-state index contributed by atoms with van der Waals surface area (Å²) in [5.41, 5.74) is 2.04. The number of benzene rings is 3. The molecule has 29 heavy (non-hydrogen) atoms. The molecule has 0 aliphatic rings. The van der Waals surface area contributed by atoms with Crippen LogP contribution >= 0.6 is 0 Å². The molecule has 0 amide bonds. The Labute approximate surface area is 163 Å². The van der Waals surface area contributed by atoms with Crippen molar-refractivity contribution in [2.75, 3.05) is 0 Å². The standard InChI is InChI=1S/C16H11N5O6S2/c22-28(23,24)12-5-9-1-2-10(6-13(9)16(8-12)29(25,26)27)17-18-11-3-4-14-15(7-11)20-21-19-14/h1-8H,(H,19,20,21)(H,22,23,24)(H,25,26,27). The Morgan fingerprint density at radius 3 is 2.21 bits per heavy atom. The van der Waals surface area contributed by atoms with Crippen molar-refractivity contribution in [3.8, 4) is 0 Å². The first-order valence-electron chi connectivity index (χ1n) is 7.87. The molecule has 13 heteroatoms. The number of fused-ring (bicyclic) bond motifs is 2. The van der Waals surface area contributed by atoms with E-state index in [1.54, 1.807) is 18.2 Å². The molecule has 0 spiro atoms. The van der Waals surface area contributed by atoms with Crippen molar-refractivity contribution in [3.63, 3.8) is 0 Å². The second kappa shape index (κ2) is 6.66. The van der Waals surface area contributed by atoms with Crippen LogP contribution in [-0.2, 0) is 20.2 Å². The molecular weight excluding hydrogens is 422 g/mol. The molecule has 1 heterocycles. The first kappa shape index (κ1) is 19.1. The molecule has 0 saturated heterocycles. The van der Waals surface area contributed by atoms with E-state index in [1.807, 2.05) is 0 Å². The van der Waals surface area contributed by atoms with E-state index in [1.165, 1.54) is 18.2 Å². The van der Waals surface area contributed by atoms with Gasteiger partial charge in [-0.15, -0.1) is 5.10 Å². The van der Waals surface area contributed by atoms with E-state index in [-0.39, 0.29) is 16.5 Å². The molecule has 0 bridgehead atoms. The van der Waals surface area contributed by atoms with Crippen molar-refractivity contribution >= 4 is 53.4 Å².